The molecule has 1 amide bonds. The minimum absolute atomic E-state index is 0.429. The molecule has 3 aromatic carbocycles. The van der Waals surface area contributed by atoms with Crippen LogP contribution in [-0.2, 0) is 11.2 Å². The van der Waals surface area contributed by atoms with Gasteiger partial charge in [0.05, 0.1) is 0 Å². The Morgan fingerprint density at radius 1 is 0.933 bits per heavy atom. The van der Waals surface area contributed by atoms with Crippen molar-refractivity contribution < 1.29 is 4.79 Å². The maximum atomic E-state index is 12.2. The molecule has 5 nitrogen and oxygen atoms in total. The second-order valence-electron chi connectivity index (χ2n) is 6.68. The van der Waals surface area contributed by atoms with E-state index < -0.39 is 11.2 Å². The van der Waals surface area contributed by atoms with E-state index in [2.05, 4.69) is 10.2 Å². The van der Waals surface area contributed by atoms with Gasteiger partial charge in [-0.05, 0) is 35.4 Å². The molecule has 1 heterocycles. The van der Waals surface area contributed by atoms with Gasteiger partial charge < -0.3 is 5.73 Å². The first-order valence-corrected chi connectivity index (χ1v) is 10.6. The molecule has 1 unspecified atom stereocenters. The minimum Gasteiger partial charge on any atom is -0.368 e. The molecule has 1 atom stereocenters. The molecule has 0 aliphatic carbocycles. The number of carbonyl (C=O) groups is 1. The SMILES string of the molecule is NC(=O)C(Sc1nnc(Cc2ccccc2)n1-c1ccc(Cl)cc1)c1ccccc1. The van der Waals surface area contributed by atoms with Gasteiger partial charge in [-0.3, -0.25) is 9.36 Å². The van der Waals surface area contributed by atoms with E-state index in [0.717, 1.165) is 22.6 Å². The van der Waals surface area contributed by atoms with E-state index >= 15 is 0 Å². The predicted molar refractivity (Wildman–Crippen MR) is 120 cm³/mol. The lowest BCUT2D eigenvalue weighted by Crippen LogP contribution is -2.19. The minimum atomic E-state index is -0.578. The Bertz CT molecular complexity index is 1130. The van der Waals surface area contributed by atoms with Crippen molar-refractivity contribution in [3.63, 3.8) is 0 Å². The van der Waals surface area contributed by atoms with Crippen molar-refractivity contribution in [2.24, 2.45) is 5.73 Å². The summed E-state index contributed by atoms with van der Waals surface area (Å²) < 4.78 is 1.95. The number of carbonyl (C=O) groups excluding carboxylic acids is 1. The van der Waals surface area contributed by atoms with Crippen molar-refractivity contribution in [3.05, 3.63) is 107 Å². The fourth-order valence-corrected chi connectivity index (χ4v) is 4.29. The average molecular weight is 435 g/mol. The van der Waals surface area contributed by atoms with Crippen molar-refractivity contribution in [2.75, 3.05) is 0 Å². The number of primary amides is 1. The summed E-state index contributed by atoms with van der Waals surface area (Å²) in [6, 6.07) is 27.0. The van der Waals surface area contributed by atoms with E-state index in [4.69, 9.17) is 17.3 Å². The smallest absolute Gasteiger partial charge is 0.235 e. The summed E-state index contributed by atoms with van der Waals surface area (Å²) in [6.07, 6.45) is 0.601. The second-order valence-corrected chi connectivity index (χ2v) is 8.19. The summed E-state index contributed by atoms with van der Waals surface area (Å²) in [5.74, 6) is 0.337. The number of thioether (sulfide) groups is 1. The van der Waals surface area contributed by atoms with Crippen molar-refractivity contribution in [1.29, 1.82) is 0 Å². The Morgan fingerprint density at radius 2 is 1.57 bits per heavy atom. The molecule has 0 aliphatic heterocycles. The van der Waals surface area contributed by atoms with Crippen LogP contribution in [0, 0.1) is 0 Å². The van der Waals surface area contributed by atoms with Gasteiger partial charge in [0.15, 0.2) is 5.16 Å². The Kier molecular flexibility index (Phi) is 6.16. The summed E-state index contributed by atoms with van der Waals surface area (Å²) in [7, 11) is 0. The maximum Gasteiger partial charge on any atom is 0.235 e. The van der Waals surface area contributed by atoms with Gasteiger partial charge in [-0.1, -0.05) is 84.0 Å². The molecule has 30 heavy (non-hydrogen) atoms. The molecule has 4 aromatic rings. The third-order valence-corrected chi connectivity index (χ3v) is 6.04. The van der Waals surface area contributed by atoms with E-state index in [0.29, 0.717) is 16.6 Å². The van der Waals surface area contributed by atoms with Crippen molar-refractivity contribution >= 4 is 29.3 Å². The zero-order valence-electron chi connectivity index (χ0n) is 16.0. The number of hydrogen-bond acceptors (Lipinski definition) is 4. The number of nitrogens with zero attached hydrogens (tertiary/aromatic N) is 3. The number of halogens is 1. The molecule has 0 aliphatic rings. The molecule has 0 fully saturated rings. The molecule has 0 saturated carbocycles. The fraction of sp³-hybridized carbons (Fsp3) is 0.0870. The fourth-order valence-electron chi connectivity index (χ4n) is 3.14. The summed E-state index contributed by atoms with van der Waals surface area (Å²) in [4.78, 5) is 12.2. The van der Waals surface area contributed by atoms with Gasteiger partial charge in [0.1, 0.15) is 11.1 Å². The van der Waals surface area contributed by atoms with Crippen LogP contribution in [-0.4, -0.2) is 20.7 Å². The standard InChI is InChI=1S/C23H19ClN4OS/c24-18-11-13-19(14-12-18)28-20(15-16-7-3-1-4-8-16)26-27-23(28)30-21(22(25)29)17-9-5-2-6-10-17/h1-14,21H,15H2,(H2,25,29). The van der Waals surface area contributed by atoms with Crippen LogP contribution < -0.4 is 5.73 Å². The first-order valence-electron chi connectivity index (χ1n) is 9.37. The monoisotopic (exact) mass is 434 g/mol. The van der Waals surface area contributed by atoms with E-state index in [1.807, 2.05) is 89.5 Å². The highest BCUT2D eigenvalue weighted by Gasteiger charge is 2.24. The van der Waals surface area contributed by atoms with Crippen molar-refractivity contribution in [3.8, 4) is 5.69 Å². The Balaban J connectivity index is 1.75. The quantitative estimate of drug-likeness (QED) is 0.423. The number of hydrogen-bond donors (Lipinski definition) is 1. The van der Waals surface area contributed by atoms with Crippen LogP contribution in [0.3, 0.4) is 0 Å². The number of rotatable bonds is 7. The molecule has 7 heteroatoms. The molecule has 0 spiro atoms. The third-order valence-electron chi connectivity index (χ3n) is 4.57. The average Bonchev–Trinajstić information content (AvgIpc) is 3.16. The van der Waals surface area contributed by atoms with Crippen LogP contribution >= 0.6 is 23.4 Å². The van der Waals surface area contributed by atoms with Crippen LogP contribution in [0.5, 0.6) is 0 Å². The molecule has 4 rings (SSSR count). The van der Waals surface area contributed by atoms with E-state index in [1.165, 1.54) is 11.8 Å². The van der Waals surface area contributed by atoms with Gasteiger partial charge in [0.25, 0.3) is 0 Å². The van der Waals surface area contributed by atoms with Gasteiger partial charge >= 0.3 is 0 Å². The van der Waals surface area contributed by atoms with Gasteiger partial charge in [-0.15, -0.1) is 10.2 Å². The van der Waals surface area contributed by atoms with E-state index in [9.17, 15) is 4.79 Å². The lowest BCUT2D eigenvalue weighted by molar-refractivity contribution is -0.117. The molecule has 0 radical (unpaired) electrons. The highest BCUT2D eigenvalue weighted by Crippen LogP contribution is 2.36. The second kappa shape index (κ2) is 9.15. The molecule has 0 saturated heterocycles. The maximum absolute atomic E-state index is 12.2. The van der Waals surface area contributed by atoms with Crippen molar-refractivity contribution in [1.82, 2.24) is 14.8 Å². The van der Waals surface area contributed by atoms with E-state index in [1.54, 1.807) is 0 Å². The van der Waals surface area contributed by atoms with E-state index in [-0.39, 0.29) is 0 Å². The molecular formula is C23H19ClN4OS. The highest BCUT2D eigenvalue weighted by molar-refractivity contribution is 8.00. The number of nitrogens with two attached hydrogens (primary N) is 1. The Morgan fingerprint density at radius 3 is 2.20 bits per heavy atom. The number of amides is 1. The highest BCUT2D eigenvalue weighted by atomic mass is 35.5. The summed E-state index contributed by atoms with van der Waals surface area (Å²) in [6.45, 7) is 0. The van der Waals surface area contributed by atoms with Crippen LogP contribution in [0.15, 0.2) is 90.1 Å². The first-order chi connectivity index (χ1) is 14.6. The predicted octanol–water partition coefficient (Wildman–Crippen LogP) is 4.83. The topological polar surface area (TPSA) is 73.8 Å². The summed E-state index contributed by atoms with van der Waals surface area (Å²) >= 11 is 7.37. The third kappa shape index (κ3) is 4.56. The Labute approximate surface area is 183 Å². The van der Waals surface area contributed by atoms with Gasteiger partial charge in [0.2, 0.25) is 5.91 Å². The number of aromatic nitrogens is 3. The molecule has 1 aromatic heterocycles. The van der Waals surface area contributed by atoms with Gasteiger partial charge in [-0.2, -0.15) is 0 Å². The normalized spacial score (nSPS) is 11.9. The van der Waals surface area contributed by atoms with Gasteiger partial charge in [-0.25, -0.2) is 0 Å². The number of benzene rings is 3. The van der Waals surface area contributed by atoms with Crippen LogP contribution in [0.4, 0.5) is 0 Å². The molecular weight excluding hydrogens is 416 g/mol. The summed E-state index contributed by atoms with van der Waals surface area (Å²) in [5, 5.41) is 9.48. The lowest BCUT2D eigenvalue weighted by Gasteiger charge is -2.15. The van der Waals surface area contributed by atoms with Crippen LogP contribution in [0.2, 0.25) is 5.02 Å². The molecule has 2 N–H and O–H groups in total. The molecule has 150 valence electrons. The largest absolute Gasteiger partial charge is 0.368 e. The van der Waals surface area contributed by atoms with Crippen LogP contribution in [0.25, 0.3) is 5.69 Å². The summed E-state index contributed by atoms with van der Waals surface area (Å²) in [5.41, 5.74) is 8.53. The molecule has 0 bridgehead atoms. The zero-order valence-corrected chi connectivity index (χ0v) is 17.6. The van der Waals surface area contributed by atoms with Crippen LogP contribution in [0.1, 0.15) is 22.2 Å². The first kappa shape index (κ1) is 20.2. The lowest BCUT2D eigenvalue weighted by atomic mass is 10.1. The Hall–Kier alpha value is -3.09. The van der Waals surface area contributed by atoms with Crippen molar-refractivity contribution in [2.45, 2.75) is 16.8 Å². The van der Waals surface area contributed by atoms with Gasteiger partial charge in [0, 0.05) is 17.1 Å². The zero-order chi connectivity index (χ0) is 20.9.